The van der Waals surface area contributed by atoms with E-state index in [0.717, 1.165) is 71.1 Å². The highest BCUT2D eigenvalue weighted by Gasteiger charge is 2.24. The third kappa shape index (κ3) is 4.25. The molecule has 4 nitrogen and oxygen atoms in total. The minimum atomic E-state index is 0.613. The average Bonchev–Trinajstić information content (AvgIpc) is 3.86. The Balaban J connectivity index is 1.25. The van der Waals surface area contributed by atoms with Crippen LogP contribution in [-0.2, 0) is 0 Å². The fourth-order valence-corrected chi connectivity index (χ4v) is 8.05. The van der Waals surface area contributed by atoms with Gasteiger partial charge in [-0.25, -0.2) is 4.98 Å². The van der Waals surface area contributed by atoms with Crippen LogP contribution in [0.3, 0.4) is 0 Å². The molecule has 48 heavy (non-hydrogen) atoms. The first-order chi connectivity index (χ1) is 23.8. The number of hydrogen-bond acceptors (Lipinski definition) is 5. The zero-order chi connectivity index (χ0) is 31.6. The van der Waals surface area contributed by atoms with Gasteiger partial charge in [0.05, 0.1) is 10.4 Å². The highest BCUT2D eigenvalue weighted by molar-refractivity contribution is 7.26. The smallest absolute Gasteiger partial charge is 0.227 e. The van der Waals surface area contributed by atoms with Gasteiger partial charge in [-0.2, -0.15) is 0 Å². The molecule has 0 bridgehead atoms. The van der Waals surface area contributed by atoms with Gasteiger partial charge in [-0.1, -0.05) is 97.1 Å². The second-order valence-electron chi connectivity index (χ2n) is 12.0. The molecule has 0 aliphatic heterocycles. The molecule has 0 saturated heterocycles. The van der Waals surface area contributed by atoms with E-state index in [-0.39, 0.29) is 0 Å². The maximum absolute atomic E-state index is 6.60. The van der Waals surface area contributed by atoms with E-state index in [4.69, 9.17) is 13.8 Å². The predicted octanol–water partition coefficient (Wildman–Crippen LogP) is 12.9. The maximum atomic E-state index is 6.60. The molecule has 0 spiro atoms. The van der Waals surface area contributed by atoms with Gasteiger partial charge in [0.25, 0.3) is 0 Å². The number of hydrogen-bond donors (Lipinski definition) is 0. The molecular weight excluding hydrogens is 609 g/mol. The van der Waals surface area contributed by atoms with E-state index in [0.29, 0.717) is 5.89 Å². The van der Waals surface area contributed by atoms with Gasteiger partial charge in [0.1, 0.15) is 16.7 Å². The molecule has 10 aromatic rings. The van der Waals surface area contributed by atoms with E-state index >= 15 is 0 Å². The van der Waals surface area contributed by atoms with Crippen molar-refractivity contribution in [1.29, 1.82) is 0 Å². The Labute approximate surface area is 279 Å². The molecule has 0 saturated carbocycles. The van der Waals surface area contributed by atoms with Crippen molar-refractivity contribution >= 4 is 81.6 Å². The largest absolute Gasteiger partial charge is 0.456 e. The van der Waals surface area contributed by atoms with Crippen LogP contribution in [0.1, 0.15) is 0 Å². The first kappa shape index (κ1) is 27.0. The lowest BCUT2D eigenvalue weighted by atomic mass is 10.0. The van der Waals surface area contributed by atoms with Crippen LogP contribution in [0.25, 0.3) is 75.8 Å². The molecule has 0 fully saturated rings. The molecule has 0 N–H and O–H groups in total. The summed E-state index contributed by atoms with van der Waals surface area (Å²) in [7, 11) is 0. The van der Waals surface area contributed by atoms with Gasteiger partial charge in [-0.3, -0.25) is 0 Å². The number of anilines is 3. The third-order valence-corrected chi connectivity index (χ3v) is 10.3. The summed E-state index contributed by atoms with van der Waals surface area (Å²) in [5.74, 6) is 0.613. The van der Waals surface area contributed by atoms with Crippen molar-refractivity contribution in [3.8, 4) is 22.6 Å². The van der Waals surface area contributed by atoms with Crippen molar-refractivity contribution < 1.29 is 8.83 Å². The Kier molecular flexibility index (Phi) is 6.01. The lowest BCUT2D eigenvalue weighted by Gasteiger charge is -2.26. The minimum Gasteiger partial charge on any atom is -0.456 e. The van der Waals surface area contributed by atoms with Crippen molar-refractivity contribution in [2.75, 3.05) is 4.90 Å². The Bertz CT molecular complexity index is 2780. The zero-order valence-electron chi connectivity index (χ0n) is 25.6. The quantitative estimate of drug-likeness (QED) is 0.189. The topological polar surface area (TPSA) is 42.4 Å². The number of furan rings is 1. The standard InChI is InChI=1S/C43H26N2O2S/c1-3-11-27(12-4-1)28-19-21-30(22-20-28)45(31-23-24-33-32-15-7-9-17-37(32)46-38(33)25-31)36-26-35-41(47-43(44-35)29-13-5-2-6-14-29)40-34-16-8-10-18-39(34)48-42(36)40/h1-26H. The highest BCUT2D eigenvalue weighted by atomic mass is 32.1. The van der Waals surface area contributed by atoms with Gasteiger partial charge < -0.3 is 13.7 Å². The SMILES string of the molecule is c1ccc(-c2ccc(N(c3ccc4c(c3)oc3ccccc34)c3cc4nc(-c5ccccc5)oc4c4c3sc3ccccc34)cc2)cc1. The number of nitrogens with zero attached hydrogens (tertiary/aromatic N) is 2. The average molecular weight is 635 g/mol. The van der Waals surface area contributed by atoms with Crippen LogP contribution in [-0.4, -0.2) is 4.98 Å². The molecule has 0 atom stereocenters. The number of para-hydroxylation sites is 1. The highest BCUT2D eigenvalue weighted by Crippen LogP contribution is 2.49. The van der Waals surface area contributed by atoms with Crippen molar-refractivity contribution in [3.63, 3.8) is 0 Å². The maximum Gasteiger partial charge on any atom is 0.227 e. The summed E-state index contributed by atoms with van der Waals surface area (Å²) in [6.45, 7) is 0. The first-order valence-electron chi connectivity index (χ1n) is 16.0. The van der Waals surface area contributed by atoms with E-state index in [9.17, 15) is 0 Å². The first-order valence-corrected chi connectivity index (χ1v) is 16.8. The van der Waals surface area contributed by atoms with Crippen molar-refractivity contribution in [2.24, 2.45) is 0 Å². The molecule has 0 amide bonds. The summed E-state index contributed by atoms with van der Waals surface area (Å²) in [5.41, 5.74) is 9.72. The van der Waals surface area contributed by atoms with Crippen LogP contribution in [0.5, 0.6) is 0 Å². The van der Waals surface area contributed by atoms with Crippen LogP contribution in [0.15, 0.2) is 167 Å². The van der Waals surface area contributed by atoms with Gasteiger partial charge >= 0.3 is 0 Å². The summed E-state index contributed by atoms with van der Waals surface area (Å²) < 4.78 is 15.3. The number of fused-ring (bicyclic) bond motifs is 8. The Morgan fingerprint density at radius 3 is 1.96 bits per heavy atom. The van der Waals surface area contributed by atoms with Crippen LogP contribution in [0, 0.1) is 0 Å². The molecule has 0 aliphatic carbocycles. The normalized spacial score (nSPS) is 11.8. The summed E-state index contributed by atoms with van der Waals surface area (Å²) >= 11 is 1.78. The summed E-state index contributed by atoms with van der Waals surface area (Å²) in [6.07, 6.45) is 0. The third-order valence-electron chi connectivity index (χ3n) is 9.10. The Hall–Kier alpha value is -6.17. The molecule has 7 aromatic carbocycles. The van der Waals surface area contributed by atoms with E-state index in [2.05, 4.69) is 114 Å². The second kappa shape index (κ2) is 10.7. The van der Waals surface area contributed by atoms with E-state index in [1.807, 2.05) is 48.5 Å². The molecule has 3 aromatic heterocycles. The van der Waals surface area contributed by atoms with Gasteiger partial charge in [-0.15, -0.1) is 11.3 Å². The number of benzene rings is 7. The Morgan fingerprint density at radius 2 is 1.15 bits per heavy atom. The molecule has 10 rings (SSSR count). The van der Waals surface area contributed by atoms with E-state index in [1.54, 1.807) is 11.3 Å². The van der Waals surface area contributed by atoms with Crippen LogP contribution in [0.2, 0.25) is 0 Å². The summed E-state index contributed by atoms with van der Waals surface area (Å²) in [6, 6.07) is 54.9. The van der Waals surface area contributed by atoms with Gasteiger partial charge in [0.15, 0.2) is 5.58 Å². The van der Waals surface area contributed by atoms with Gasteiger partial charge in [-0.05, 0) is 65.7 Å². The van der Waals surface area contributed by atoms with Crippen molar-refractivity contribution in [3.05, 3.63) is 158 Å². The minimum absolute atomic E-state index is 0.613. The fraction of sp³-hybridized carbons (Fsp3) is 0. The lowest BCUT2D eigenvalue weighted by Crippen LogP contribution is -2.10. The van der Waals surface area contributed by atoms with Gasteiger partial charge in [0, 0.05) is 49.2 Å². The van der Waals surface area contributed by atoms with Crippen LogP contribution < -0.4 is 4.90 Å². The second-order valence-corrected chi connectivity index (χ2v) is 13.0. The Morgan fingerprint density at radius 1 is 0.500 bits per heavy atom. The molecule has 5 heteroatoms. The number of thiophene rings is 1. The molecule has 0 unspecified atom stereocenters. The summed E-state index contributed by atoms with van der Waals surface area (Å²) in [4.78, 5) is 7.40. The van der Waals surface area contributed by atoms with Crippen LogP contribution in [0.4, 0.5) is 17.1 Å². The van der Waals surface area contributed by atoms with E-state index in [1.165, 1.54) is 15.8 Å². The number of rotatable bonds is 5. The number of oxazole rings is 1. The summed E-state index contributed by atoms with van der Waals surface area (Å²) in [5, 5.41) is 4.45. The van der Waals surface area contributed by atoms with Crippen LogP contribution >= 0.6 is 11.3 Å². The zero-order valence-corrected chi connectivity index (χ0v) is 26.4. The molecule has 3 heterocycles. The van der Waals surface area contributed by atoms with Crippen molar-refractivity contribution in [2.45, 2.75) is 0 Å². The molecule has 0 aliphatic rings. The van der Waals surface area contributed by atoms with Gasteiger partial charge in [0.2, 0.25) is 5.89 Å². The molecular formula is C43H26N2O2S. The molecule has 0 radical (unpaired) electrons. The van der Waals surface area contributed by atoms with E-state index < -0.39 is 0 Å². The predicted molar refractivity (Wildman–Crippen MR) is 200 cm³/mol. The number of aromatic nitrogens is 1. The van der Waals surface area contributed by atoms with Crippen molar-refractivity contribution in [1.82, 2.24) is 4.98 Å². The lowest BCUT2D eigenvalue weighted by molar-refractivity contribution is 0.623. The fourth-order valence-electron chi connectivity index (χ4n) is 6.84. The molecule has 226 valence electrons. The monoisotopic (exact) mass is 634 g/mol.